The maximum Gasteiger partial charge on any atom is 0.218 e. The van der Waals surface area contributed by atoms with Gasteiger partial charge in [0.25, 0.3) is 0 Å². The minimum absolute atomic E-state index is 0.382. The monoisotopic (exact) mass is 272 g/mol. The Morgan fingerprint density at radius 3 is 2.45 bits per heavy atom. The van der Waals surface area contributed by atoms with Crippen molar-refractivity contribution < 1.29 is 14.4 Å². The number of fused-ring (bicyclic) bond motifs is 1. The lowest BCUT2D eigenvalue weighted by Crippen LogP contribution is -2.51. The zero-order chi connectivity index (χ0) is 14.7. The Morgan fingerprint density at radius 2 is 1.85 bits per heavy atom. The SMILES string of the molecule is CC(=O)NC(NC(C)=O)C(=O)c1c[nH]c2c[c]ccc12. The summed E-state index contributed by atoms with van der Waals surface area (Å²) in [5, 5.41) is 5.56. The molecule has 0 atom stereocenters. The third kappa shape index (κ3) is 2.85. The zero-order valence-electron chi connectivity index (χ0n) is 11.1. The summed E-state index contributed by atoms with van der Waals surface area (Å²) in [6, 6.07) is 8.06. The van der Waals surface area contributed by atoms with E-state index < -0.39 is 18.0 Å². The lowest BCUT2D eigenvalue weighted by molar-refractivity contribution is -0.121. The van der Waals surface area contributed by atoms with Crippen molar-refractivity contribution in [2.75, 3.05) is 0 Å². The highest BCUT2D eigenvalue weighted by Gasteiger charge is 2.24. The van der Waals surface area contributed by atoms with Gasteiger partial charge in [0.15, 0.2) is 6.17 Å². The predicted octanol–water partition coefficient (Wildman–Crippen LogP) is 0.749. The second kappa shape index (κ2) is 5.56. The van der Waals surface area contributed by atoms with Gasteiger partial charge < -0.3 is 15.6 Å². The standard InChI is InChI=1S/C14H14N3O3/c1-8(18)16-14(17-9(2)19)13(20)11-7-15-12-6-4-3-5-10(11)12/h3,5-7,14-15H,1-2H3,(H,16,18)(H,17,19). The zero-order valence-corrected chi connectivity index (χ0v) is 11.1. The summed E-state index contributed by atoms with van der Waals surface area (Å²) in [6.07, 6.45) is 0.477. The molecule has 0 fully saturated rings. The molecule has 2 amide bonds. The quantitative estimate of drug-likeness (QED) is 0.566. The number of rotatable bonds is 4. The number of H-pyrrole nitrogens is 1. The van der Waals surface area contributed by atoms with Crippen molar-refractivity contribution in [3.63, 3.8) is 0 Å². The molecule has 0 spiro atoms. The number of nitrogens with one attached hydrogen (secondary N) is 3. The van der Waals surface area contributed by atoms with E-state index in [1.165, 1.54) is 13.8 Å². The molecule has 1 aromatic carbocycles. The van der Waals surface area contributed by atoms with Crippen molar-refractivity contribution in [2.45, 2.75) is 20.0 Å². The average Bonchev–Trinajstić information content (AvgIpc) is 2.79. The number of Topliss-reactive ketones (excluding diaryl/α,β-unsaturated/α-hetero) is 1. The fourth-order valence-corrected chi connectivity index (χ4v) is 1.95. The number of aromatic nitrogens is 1. The van der Waals surface area contributed by atoms with Crippen LogP contribution in [0.4, 0.5) is 0 Å². The molecule has 0 aliphatic carbocycles. The fraction of sp³-hybridized carbons (Fsp3) is 0.214. The Labute approximate surface area is 115 Å². The van der Waals surface area contributed by atoms with Gasteiger partial charge in [0.05, 0.1) is 0 Å². The van der Waals surface area contributed by atoms with Crippen LogP contribution in [0, 0.1) is 6.07 Å². The van der Waals surface area contributed by atoms with E-state index >= 15 is 0 Å². The van der Waals surface area contributed by atoms with Crippen LogP contribution in [0.25, 0.3) is 10.9 Å². The Morgan fingerprint density at radius 1 is 1.20 bits per heavy atom. The molecule has 0 unspecified atom stereocenters. The highest BCUT2D eigenvalue weighted by molar-refractivity contribution is 6.11. The van der Waals surface area contributed by atoms with Crippen molar-refractivity contribution in [2.24, 2.45) is 0 Å². The number of amides is 2. The number of benzene rings is 1. The summed E-state index contributed by atoms with van der Waals surface area (Å²) in [5.74, 6) is -1.18. The van der Waals surface area contributed by atoms with Crippen LogP contribution in [0.5, 0.6) is 0 Å². The lowest BCUT2D eigenvalue weighted by Gasteiger charge is -2.16. The Hall–Kier alpha value is -2.63. The molecule has 3 N–H and O–H groups in total. The van der Waals surface area contributed by atoms with Crippen LogP contribution < -0.4 is 10.6 Å². The topological polar surface area (TPSA) is 91.1 Å². The van der Waals surface area contributed by atoms with Crippen molar-refractivity contribution in [1.29, 1.82) is 0 Å². The van der Waals surface area contributed by atoms with Gasteiger partial charge in [0, 0.05) is 36.5 Å². The van der Waals surface area contributed by atoms with Crippen molar-refractivity contribution in [3.8, 4) is 0 Å². The van der Waals surface area contributed by atoms with E-state index in [0.29, 0.717) is 5.56 Å². The number of carbonyl (C=O) groups excluding carboxylic acids is 3. The van der Waals surface area contributed by atoms with Gasteiger partial charge in [-0.2, -0.15) is 0 Å². The van der Waals surface area contributed by atoms with Gasteiger partial charge in [0.1, 0.15) is 0 Å². The third-order valence-corrected chi connectivity index (χ3v) is 2.75. The minimum Gasteiger partial charge on any atom is -0.360 e. The average molecular weight is 272 g/mol. The van der Waals surface area contributed by atoms with Crippen LogP contribution in [-0.2, 0) is 9.59 Å². The Bertz CT molecular complexity index is 659. The molecule has 0 saturated heterocycles. The highest BCUT2D eigenvalue weighted by atomic mass is 16.2. The van der Waals surface area contributed by atoms with Crippen LogP contribution in [0.15, 0.2) is 24.4 Å². The largest absolute Gasteiger partial charge is 0.360 e. The Balaban J connectivity index is 2.35. The van der Waals surface area contributed by atoms with E-state index in [-0.39, 0.29) is 5.78 Å². The Kier molecular flexibility index (Phi) is 3.84. The van der Waals surface area contributed by atoms with Crippen LogP contribution in [0.1, 0.15) is 24.2 Å². The molecular weight excluding hydrogens is 258 g/mol. The number of hydrogen-bond acceptors (Lipinski definition) is 3. The molecule has 1 radical (unpaired) electrons. The van der Waals surface area contributed by atoms with E-state index in [0.717, 1.165) is 10.9 Å². The van der Waals surface area contributed by atoms with Gasteiger partial charge in [-0.3, -0.25) is 14.4 Å². The van der Waals surface area contributed by atoms with E-state index in [4.69, 9.17) is 0 Å². The molecule has 20 heavy (non-hydrogen) atoms. The number of ketones is 1. The normalized spacial score (nSPS) is 10.6. The minimum atomic E-state index is -1.08. The molecule has 1 aromatic heterocycles. The van der Waals surface area contributed by atoms with Crippen LogP contribution in [0.2, 0.25) is 0 Å². The summed E-state index contributed by atoms with van der Waals surface area (Å²) in [4.78, 5) is 37.7. The lowest BCUT2D eigenvalue weighted by atomic mass is 10.1. The number of aromatic amines is 1. The highest BCUT2D eigenvalue weighted by Crippen LogP contribution is 2.18. The molecule has 6 nitrogen and oxygen atoms in total. The molecule has 6 heteroatoms. The van der Waals surface area contributed by atoms with E-state index in [1.54, 1.807) is 24.4 Å². The van der Waals surface area contributed by atoms with E-state index in [1.807, 2.05) is 0 Å². The predicted molar refractivity (Wildman–Crippen MR) is 72.9 cm³/mol. The first-order chi connectivity index (χ1) is 9.49. The molecule has 0 saturated carbocycles. The first kappa shape index (κ1) is 13.8. The number of carbonyl (C=O) groups is 3. The van der Waals surface area contributed by atoms with Gasteiger partial charge in [-0.25, -0.2) is 0 Å². The fourth-order valence-electron chi connectivity index (χ4n) is 1.95. The summed E-state index contributed by atoms with van der Waals surface area (Å²) in [5.41, 5.74) is 1.17. The summed E-state index contributed by atoms with van der Waals surface area (Å²) < 4.78 is 0. The van der Waals surface area contributed by atoms with Crippen LogP contribution >= 0.6 is 0 Å². The second-order valence-corrected chi connectivity index (χ2v) is 4.37. The van der Waals surface area contributed by atoms with Crippen molar-refractivity contribution in [1.82, 2.24) is 15.6 Å². The summed E-state index contributed by atoms with van der Waals surface area (Å²) in [7, 11) is 0. The summed E-state index contributed by atoms with van der Waals surface area (Å²) in [6.45, 7) is 2.57. The molecule has 2 rings (SSSR count). The molecule has 0 aliphatic rings. The molecule has 103 valence electrons. The van der Waals surface area contributed by atoms with Crippen LogP contribution in [0.3, 0.4) is 0 Å². The second-order valence-electron chi connectivity index (χ2n) is 4.37. The van der Waals surface area contributed by atoms with E-state index in [9.17, 15) is 14.4 Å². The molecule has 0 bridgehead atoms. The van der Waals surface area contributed by atoms with E-state index in [2.05, 4.69) is 21.7 Å². The molecule has 1 heterocycles. The number of hydrogen-bond donors (Lipinski definition) is 3. The van der Waals surface area contributed by atoms with Crippen LogP contribution in [-0.4, -0.2) is 28.7 Å². The maximum atomic E-state index is 12.4. The van der Waals surface area contributed by atoms with Gasteiger partial charge in [-0.15, -0.1) is 0 Å². The van der Waals surface area contributed by atoms with Gasteiger partial charge >= 0.3 is 0 Å². The third-order valence-electron chi connectivity index (χ3n) is 2.75. The van der Waals surface area contributed by atoms with Crippen molar-refractivity contribution in [3.05, 3.63) is 36.0 Å². The first-order valence-corrected chi connectivity index (χ1v) is 6.04. The molecular formula is C14H14N3O3. The van der Waals surface area contributed by atoms with Gasteiger partial charge in [-0.1, -0.05) is 12.1 Å². The van der Waals surface area contributed by atoms with Gasteiger partial charge in [0.2, 0.25) is 17.6 Å². The molecule has 0 aliphatic heterocycles. The summed E-state index contributed by atoms with van der Waals surface area (Å²) >= 11 is 0. The molecule has 2 aromatic rings. The first-order valence-electron chi connectivity index (χ1n) is 6.04. The smallest absolute Gasteiger partial charge is 0.218 e. The van der Waals surface area contributed by atoms with Crippen molar-refractivity contribution >= 4 is 28.5 Å². The maximum absolute atomic E-state index is 12.4. The van der Waals surface area contributed by atoms with Gasteiger partial charge in [-0.05, 0) is 12.1 Å².